The molecule has 0 aliphatic rings. The van der Waals surface area contributed by atoms with Crippen LogP contribution < -0.4 is 0 Å². The average molecular weight is 195 g/mol. The van der Waals surface area contributed by atoms with Gasteiger partial charge in [-0.05, 0) is 6.07 Å². The van der Waals surface area contributed by atoms with Crippen LogP contribution >= 0.6 is 0 Å². The summed E-state index contributed by atoms with van der Waals surface area (Å²) in [5.74, 6) is 0.138. The molecule has 78 valence electrons. The van der Waals surface area contributed by atoms with Gasteiger partial charge in [-0.2, -0.15) is 0 Å². The van der Waals surface area contributed by atoms with Gasteiger partial charge in [-0.1, -0.05) is 20.8 Å². The molecule has 0 unspecified atom stereocenters. The molecular formula is C11H17NO2. The molecule has 0 bridgehead atoms. The summed E-state index contributed by atoms with van der Waals surface area (Å²) >= 11 is 0. The highest BCUT2D eigenvalue weighted by Crippen LogP contribution is 2.17. The van der Waals surface area contributed by atoms with E-state index in [0.29, 0.717) is 6.54 Å². The zero-order valence-corrected chi connectivity index (χ0v) is 9.20. The van der Waals surface area contributed by atoms with Crippen molar-refractivity contribution in [1.29, 1.82) is 0 Å². The van der Waals surface area contributed by atoms with E-state index in [2.05, 4.69) is 0 Å². The van der Waals surface area contributed by atoms with Crippen LogP contribution in [0, 0.1) is 5.41 Å². The molecule has 3 heteroatoms. The van der Waals surface area contributed by atoms with Crippen LogP contribution in [-0.4, -0.2) is 17.9 Å². The zero-order valence-electron chi connectivity index (χ0n) is 9.20. The Morgan fingerprint density at radius 3 is 2.57 bits per heavy atom. The minimum atomic E-state index is -0.321. The molecule has 3 nitrogen and oxygen atoms in total. The molecule has 0 fully saturated rings. The third kappa shape index (κ3) is 2.62. The smallest absolute Gasteiger partial charge is 0.227 e. The molecule has 1 heterocycles. The lowest BCUT2D eigenvalue weighted by Crippen LogP contribution is -2.36. The first-order chi connectivity index (χ1) is 6.41. The number of furan rings is 1. The molecule has 0 N–H and O–H groups in total. The second kappa shape index (κ2) is 3.86. The van der Waals surface area contributed by atoms with E-state index in [1.165, 1.54) is 0 Å². The number of amides is 1. The van der Waals surface area contributed by atoms with E-state index in [1.807, 2.05) is 26.8 Å². The van der Waals surface area contributed by atoms with E-state index in [-0.39, 0.29) is 11.3 Å². The minimum absolute atomic E-state index is 0.138. The van der Waals surface area contributed by atoms with Gasteiger partial charge in [-0.15, -0.1) is 0 Å². The van der Waals surface area contributed by atoms with Crippen molar-refractivity contribution in [2.75, 3.05) is 7.05 Å². The molecule has 0 saturated carbocycles. The first-order valence-electron chi connectivity index (χ1n) is 4.68. The van der Waals surface area contributed by atoms with Gasteiger partial charge >= 0.3 is 0 Å². The molecule has 0 atom stereocenters. The Hall–Kier alpha value is -1.25. The number of carbonyl (C=O) groups excluding carboxylic acids is 1. The van der Waals surface area contributed by atoms with Crippen LogP contribution in [0.4, 0.5) is 0 Å². The van der Waals surface area contributed by atoms with Gasteiger partial charge in [0.2, 0.25) is 5.91 Å². The third-order valence-corrected chi connectivity index (χ3v) is 1.99. The van der Waals surface area contributed by atoms with Crippen LogP contribution in [0.2, 0.25) is 0 Å². The Labute approximate surface area is 84.7 Å². The van der Waals surface area contributed by atoms with Crippen LogP contribution in [0.15, 0.2) is 23.0 Å². The maximum absolute atomic E-state index is 11.8. The van der Waals surface area contributed by atoms with Crippen molar-refractivity contribution in [3.63, 3.8) is 0 Å². The zero-order chi connectivity index (χ0) is 10.8. The highest BCUT2D eigenvalue weighted by Gasteiger charge is 2.24. The lowest BCUT2D eigenvalue weighted by molar-refractivity contribution is -0.138. The molecule has 0 spiro atoms. The predicted octanol–water partition coefficient (Wildman–Crippen LogP) is 2.28. The molecule has 0 aliphatic heterocycles. The van der Waals surface area contributed by atoms with Crippen molar-refractivity contribution < 1.29 is 9.21 Å². The van der Waals surface area contributed by atoms with Crippen LogP contribution in [0.1, 0.15) is 26.3 Å². The Balaban J connectivity index is 2.59. The van der Waals surface area contributed by atoms with Gasteiger partial charge in [-0.3, -0.25) is 4.79 Å². The first-order valence-corrected chi connectivity index (χ1v) is 4.68. The second-order valence-electron chi connectivity index (χ2n) is 4.54. The molecule has 1 rings (SSSR count). The lowest BCUT2D eigenvalue weighted by Gasteiger charge is -2.25. The second-order valence-corrected chi connectivity index (χ2v) is 4.54. The summed E-state index contributed by atoms with van der Waals surface area (Å²) in [6.07, 6.45) is 3.27. The normalized spacial score (nSPS) is 11.4. The van der Waals surface area contributed by atoms with Gasteiger partial charge in [0.25, 0.3) is 0 Å². The Kier molecular flexibility index (Phi) is 2.99. The summed E-state index contributed by atoms with van der Waals surface area (Å²) in [6.45, 7) is 6.36. The number of nitrogens with zero attached hydrogens (tertiary/aromatic N) is 1. The standard InChI is InChI=1S/C11H17NO2/c1-11(2,3)10(13)12(4)7-9-5-6-14-8-9/h5-6,8H,7H2,1-4H3. The van der Waals surface area contributed by atoms with Crippen molar-refractivity contribution in [3.8, 4) is 0 Å². The fraction of sp³-hybridized carbons (Fsp3) is 0.545. The molecule has 0 saturated heterocycles. The summed E-state index contributed by atoms with van der Waals surface area (Å²) < 4.78 is 4.94. The summed E-state index contributed by atoms with van der Waals surface area (Å²) in [7, 11) is 1.81. The van der Waals surface area contributed by atoms with Crippen LogP contribution in [0.3, 0.4) is 0 Å². The largest absolute Gasteiger partial charge is 0.472 e. The fourth-order valence-electron chi connectivity index (χ4n) is 1.30. The highest BCUT2D eigenvalue weighted by atomic mass is 16.3. The van der Waals surface area contributed by atoms with Gasteiger partial charge in [0.15, 0.2) is 0 Å². The van der Waals surface area contributed by atoms with Crippen LogP contribution in [0.25, 0.3) is 0 Å². The summed E-state index contributed by atoms with van der Waals surface area (Å²) in [5, 5.41) is 0. The molecule has 1 amide bonds. The van der Waals surface area contributed by atoms with Crippen molar-refractivity contribution >= 4 is 5.91 Å². The molecule has 0 aromatic carbocycles. The van der Waals surface area contributed by atoms with E-state index in [1.54, 1.807) is 24.5 Å². The molecule has 1 aromatic heterocycles. The fourth-order valence-corrected chi connectivity index (χ4v) is 1.30. The van der Waals surface area contributed by atoms with Gasteiger partial charge in [0, 0.05) is 24.6 Å². The van der Waals surface area contributed by atoms with Crippen molar-refractivity contribution in [2.24, 2.45) is 5.41 Å². The highest BCUT2D eigenvalue weighted by molar-refractivity contribution is 5.81. The topological polar surface area (TPSA) is 33.5 Å². The molecule has 14 heavy (non-hydrogen) atoms. The maximum Gasteiger partial charge on any atom is 0.227 e. The van der Waals surface area contributed by atoms with E-state index in [9.17, 15) is 4.79 Å². The number of hydrogen-bond acceptors (Lipinski definition) is 2. The summed E-state index contributed by atoms with van der Waals surface area (Å²) in [4.78, 5) is 13.5. The third-order valence-electron chi connectivity index (χ3n) is 1.99. The Bertz CT molecular complexity index is 296. The average Bonchev–Trinajstić information content (AvgIpc) is 2.53. The van der Waals surface area contributed by atoms with Gasteiger partial charge in [0.05, 0.1) is 12.5 Å². The van der Waals surface area contributed by atoms with Gasteiger partial charge in [-0.25, -0.2) is 0 Å². The molecule has 0 aliphatic carbocycles. The molecule has 0 radical (unpaired) electrons. The van der Waals surface area contributed by atoms with E-state index in [4.69, 9.17) is 4.42 Å². The van der Waals surface area contributed by atoms with Crippen LogP contribution in [-0.2, 0) is 11.3 Å². The van der Waals surface area contributed by atoms with Gasteiger partial charge in [0.1, 0.15) is 0 Å². The lowest BCUT2D eigenvalue weighted by atomic mass is 9.95. The number of carbonyl (C=O) groups is 1. The SMILES string of the molecule is CN(Cc1ccoc1)C(=O)C(C)(C)C. The van der Waals surface area contributed by atoms with Crippen LogP contribution in [0.5, 0.6) is 0 Å². The first kappa shape index (κ1) is 10.8. The van der Waals surface area contributed by atoms with Crippen molar-refractivity contribution in [1.82, 2.24) is 4.90 Å². The van der Waals surface area contributed by atoms with Crippen molar-refractivity contribution in [2.45, 2.75) is 27.3 Å². The predicted molar refractivity (Wildman–Crippen MR) is 54.6 cm³/mol. The Morgan fingerprint density at radius 2 is 2.14 bits per heavy atom. The van der Waals surface area contributed by atoms with Crippen molar-refractivity contribution in [3.05, 3.63) is 24.2 Å². The van der Waals surface area contributed by atoms with Gasteiger partial charge < -0.3 is 9.32 Å². The van der Waals surface area contributed by atoms with E-state index < -0.39 is 0 Å². The summed E-state index contributed by atoms with van der Waals surface area (Å²) in [5.41, 5.74) is 0.698. The molecule has 1 aromatic rings. The molecular weight excluding hydrogens is 178 g/mol. The Morgan fingerprint density at radius 1 is 1.50 bits per heavy atom. The van der Waals surface area contributed by atoms with E-state index >= 15 is 0 Å². The minimum Gasteiger partial charge on any atom is -0.472 e. The number of rotatable bonds is 2. The van der Waals surface area contributed by atoms with E-state index in [0.717, 1.165) is 5.56 Å². The quantitative estimate of drug-likeness (QED) is 0.725. The maximum atomic E-state index is 11.8. The monoisotopic (exact) mass is 195 g/mol. The number of hydrogen-bond donors (Lipinski definition) is 0. The summed E-state index contributed by atoms with van der Waals surface area (Å²) in [6, 6.07) is 1.87.